The van der Waals surface area contributed by atoms with Crippen LogP contribution >= 0.6 is 0 Å². The number of benzene rings is 1. The van der Waals surface area contributed by atoms with Crippen molar-refractivity contribution in [3.8, 4) is 5.75 Å². The third-order valence-electron chi connectivity index (χ3n) is 4.16. The lowest BCUT2D eigenvalue weighted by molar-refractivity contribution is 0.0790. The number of amides is 1. The zero-order valence-electron chi connectivity index (χ0n) is 12.6. The fourth-order valence-corrected chi connectivity index (χ4v) is 2.98. The fourth-order valence-electron chi connectivity index (χ4n) is 2.98. The van der Waals surface area contributed by atoms with Gasteiger partial charge in [0.15, 0.2) is 0 Å². The largest absolute Gasteiger partial charge is 0.496 e. The Morgan fingerprint density at radius 2 is 2.27 bits per heavy atom. The van der Waals surface area contributed by atoms with Gasteiger partial charge >= 0.3 is 0 Å². The molecule has 1 aromatic carbocycles. The fraction of sp³-hybridized carbons (Fsp3) is 0.353. The molecule has 1 amide bonds. The molecule has 1 saturated heterocycles. The first-order chi connectivity index (χ1) is 10.7. The maximum atomic E-state index is 12.5. The van der Waals surface area contributed by atoms with Crippen molar-refractivity contribution >= 4 is 5.91 Å². The number of carbonyl (C=O) groups excluding carboxylic acids is 1. The quantitative estimate of drug-likeness (QED) is 0.941. The van der Waals surface area contributed by atoms with Crippen molar-refractivity contribution in [3.63, 3.8) is 0 Å². The van der Waals surface area contributed by atoms with Gasteiger partial charge in [0, 0.05) is 19.0 Å². The van der Waals surface area contributed by atoms with Crippen LogP contribution in [0.25, 0.3) is 0 Å². The molecule has 0 aliphatic carbocycles. The van der Waals surface area contributed by atoms with Crippen LogP contribution in [0.3, 0.4) is 0 Å². The van der Waals surface area contributed by atoms with Crippen LogP contribution in [0.4, 0.5) is 0 Å². The summed E-state index contributed by atoms with van der Waals surface area (Å²) in [4.78, 5) is 14.4. The molecule has 2 aromatic rings. The topological polar surface area (TPSA) is 68.7 Å². The Kier molecular flexibility index (Phi) is 4.15. The highest BCUT2D eigenvalue weighted by Crippen LogP contribution is 2.33. The maximum absolute atomic E-state index is 12.5. The number of furan rings is 1. The van der Waals surface area contributed by atoms with Crippen LogP contribution in [-0.2, 0) is 6.54 Å². The van der Waals surface area contributed by atoms with Gasteiger partial charge < -0.3 is 19.8 Å². The predicted molar refractivity (Wildman–Crippen MR) is 82.9 cm³/mol. The predicted octanol–water partition coefficient (Wildman–Crippen LogP) is 2.38. The van der Waals surface area contributed by atoms with Crippen LogP contribution in [0.15, 0.2) is 41.0 Å². The minimum absolute atomic E-state index is 0.000785. The molecule has 1 aromatic heterocycles. The van der Waals surface area contributed by atoms with E-state index in [2.05, 4.69) is 6.07 Å². The van der Waals surface area contributed by atoms with Gasteiger partial charge in [-0.05, 0) is 24.1 Å². The van der Waals surface area contributed by atoms with E-state index in [-0.39, 0.29) is 5.91 Å². The zero-order valence-corrected chi connectivity index (χ0v) is 12.6. The molecule has 22 heavy (non-hydrogen) atoms. The molecule has 3 rings (SSSR count). The zero-order chi connectivity index (χ0) is 15.5. The molecule has 0 spiro atoms. The monoisotopic (exact) mass is 300 g/mol. The Bertz CT molecular complexity index is 665. The van der Waals surface area contributed by atoms with Gasteiger partial charge in [-0.2, -0.15) is 0 Å². The highest BCUT2D eigenvalue weighted by atomic mass is 16.5. The second kappa shape index (κ2) is 6.23. The van der Waals surface area contributed by atoms with Gasteiger partial charge in [-0.25, -0.2) is 0 Å². The summed E-state index contributed by atoms with van der Waals surface area (Å²) in [6.07, 6.45) is 2.43. The number of methoxy groups -OCH3 is 1. The van der Waals surface area contributed by atoms with Crippen LogP contribution in [0.2, 0.25) is 0 Å². The lowest BCUT2D eigenvalue weighted by atomic mass is 9.97. The average molecular weight is 300 g/mol. The lowest BCUT2D eigenvalue weighted by Gasteiger charge is -2.17. The Morgan fingerprint density at radius 1 is 1.45 bits per heavy atom. The van der Waals surface area contributed by atoms with Crippen molar-refractivity contribution in [1.82, 2.24) is 4.90 Å². The second-order valence-electron chi connectivity index (χ2n) is 5.48. The van der Waals surface area contributed by atoms with Gasteiger partial charge in [-0.1, -0.05) is 18.2 Å². The van der Waals surface area contributed by atoms with E-state index in [9.17, 15) is 4.79 Å². The molecule has 1 unspecified atom stereocenters. The number of ether oxygens (including phenoxy) is 1. The summed E-state index contributed by atoms with van der Waals surface area (Å²) in [5.74, 6) is 1.82. The Morgan fingerprint density at radius 3 is 3.00 bits per heavy atom. The lowest BCUT2D eigenvalue weighted by Crippen LogP contribution is -2.28. The van der Waals surface area contributed by atoms with Gasteiger partial charge in [0.2, 0.25) is 0 Å². The Labute approximate surface area is 129 Å². The standard InChI is InChI=1S/C17H20N2O3/c1-21-16-5-3-2-4-15(16)12-6-7-19(10-12)17(20)13-8-14(9-18)22-11-13/h2-5,8,11-12H,6-7,9-10,18H2,1H3. The van der Waals surface area contributed by atoms with E-state index in [4.69, 9.17) is 14.9 Å². The van der Waals surface area contributed by atoms with E-state index in [0.717, 1.165) is 24.3 Å². The number of nitrogens with two attached hydrogens (primary N) is 1. The van der Waals surface area contributed by atoms with E-state index >= 15 is 0 Å². The van der Waals surface area contributed by atoms with Gasteiger partial charge in [0.05, 0.1) is 19.2 Å². The van der Waals surface area contributed by atoms with Crippen molar-refractivity contribution < 1.29 is 13.9 Å². The molecule has 0 radical (unpaired) electrons. The number of likely N-dealkylation sites (tertiary alicyclic amines) is 1. The third-order valence-corrected chi connectivity index (χ3v) is 4.16. The van der Waals surface area contributed by atoms with E-state index in [0.29, 0.717) is 30.3 Å². The summed E-state index contributed by atoms with van der Waals surface area (Å²) < 4.78 is 10.7. The summed E-state index contributed by atoms with van der Waals surface area (Å²) in [6.45, 7) is 1.74. The molecule has 1 aliphatic heterocycles. The molecular formula is C17H20N2O3. The first-order valence-corrected chi connectivity index (χ1v) is 7.42. The van der Waals surface area contributed by atoms with Crippen LogP contribution in [0.5, 0.6) is 5.75 Å². The molecule has 0 saturated carbocycles. The van der Waals surface area contributed by atoms with Crippen LogP contribution in [0.1, 0.15) is 34.0 Å². The number of hydrogen-bond donors (Lipinski definition) is 1. The minimum Gasteiger partial charge on any atom is -0.496 e. The van der Waals surface area contributed by atoms with Gasteiger partial charge in [-0.15, -0.1) is 0 Å². The summed E-state index contributed by atoms with van der Waals surface area (Å²) in [5, 5.41) is 0. The summed E-state index contributed by atoms with van der Waals surface area (Å²) in [7, 11) is 1.68. The van der Waals surface area contributed by atoms with Gasteiger partial charge in [-0.3, -0.25) is 4.79 Å². The summed E-state index contributed by atoms with van der Waals surface area (Å²) in [5.41, 5.74) is 7.25. The summed E-state index contributed by atoms with van der Waals surface area (Å²) in [6, 6.07) is 9.72. The normalized spacial score (nSPS) is 17.7. The van der Waals surface area contributed by atoms with E-state index in [1.54, 1.807) is 13.2 Å². The van der Waals surface area contributed by atoms with Crippen LogP contribution < -0.4 is 10.5 Å². The number of hydrogen-bond acceptors (Lipinski definition) is 4. The number of nitrogens with zero attached hydrogens (tertiary/aromatic N) is 1. The molecule has 5 heteroatoms. The number of carbonyl (C=O) groups is 1. The highest BCUT2D eigenvalue weighted by Gasteiger charge is 2.30. The van der Waals surface area contributed by atoms with Crippen LogP contribution in [-0.4, -0.2) is 31.0 Å². The Hall–Kier alpha value is -2.27. The number of rotatable bonds is 4. The second-order valence-corrected chi connectivity index (χ2v) is 5.48. The minimum atomic E-state index is 0.000785. The average Bonchev–Trinajstić information content (AvgIpc) is 3.23. The molecule has 1 fully saturated rings. The van der Waals surface area contributed by atoms with Gasteiger partial charge in [0.25, 0.3) is 5.91 Å². The molecular weight excluding hydrogens is 280 g/mol. The summed E-state index contributed by atoms with van der Waals surface area (Å²) >= 11 is 0. The SMILES string of the molecule is COc1ccccc1C1CCN(C(=O)c2coc(CN)c2)C1. The van der Waals surface area contributed by atoms with Crippen molar-refractivity contribution in [2.24, 2.45) is 5.73 Å². The molecule has 0 bridgehead atoms. The van der Waals surface area contributed by atoms with E-state index in [1.807, 2.05) is 23.1 Å². The Balaban J connectivity index is 1.73. The van der Waals surface area contributed by atoms with Gasteiger partial charge in [0.1, 0.15) is 17.8 Å². The first-order valence-electron chi connectivity index (χ1n) is 7.42. The third kappa shape index (κ3) is 2.72. The molecule has 2 N–H and O–H groups in total. The van der Waals surface area contributed by atoms with Crippen molar-refractivity contribution in [1.29, 1.82) is 0 Å². The van der Waals surface area contributed by atoms with E-state index in [1.165, 1.54) is 6.26 Å². The number of para-hydroxylation sites is 1. The smallest absolute Gasteiger partial charge is 0.257 e. The van der Waals surface area contributed by atoms with Crippen molar-refractivity contribution in [3.05, 3.63) is 53.5 Å². The molecule has 1 aliphatic rings. The molecule has 2 heterocycles. The maximum Gasteiger partial charge on any atom is 0.257 e. The van der Waals surface area contributed by atoms with Crippen molar-refractivity contribution in [2.45, 2.75) is 18.9 Å². The molecule has 5 nitrogen and oxygen atoms in total. The van der Waals surface area contributed by atoms with Crippen molar-refractivity contribution in [2.75, 3.05) is 20.2 Å². The first kappa shape index (κ1) is 14.7. The van der Waals surface area contributed by atoms with E-state index < -0.39 is 0 Å². The molecule has 1 atom stereocenters. The van der Waals surface area contributed by atoms with Crippen LogP contribution in [0, 0.1) is 0 Å². The molecule has 116 valence electrons. The highest BCUT2D eigenvalue weighted by molar-refractivity contribution is 5.94.